The van der Waals surface area contributed by atoms with Gasteiger partial charge in [-0.15, -0.1) is 0 Å². The lowest BCUT2D eigenvalue weighted by Gasteiger charge is -2.18. The van der Waals surface area contributed by atoms with E-state index in [0.717, 1.165) is 49.0 Å². The van der Waals surface area contributed by atoms with Crippen LogP contribution in [0.15, 0.2) is 18.5 Å². The van der Waals surface area contributed by atoms with Gasteiger partial charge in [0.2, 0.25) is 0 Å². The van der Waals surface area contributed by atoms with Gasteiger partial charge in [0.15, 0.2) is 0 Å². The van der Waals surface area contributed by atoms with Crippen LogP contribution in [0.3, 0.4) is 0 Å². The predicted molar refractivity (Wildman–Crippen MR) is 99.5 cm³/mol. The Kier molecular flexibility index (Phi) is 6.46. The van der Waals surface area contributed by atoms with Crippen LogP contribution in [-0.4, -0.2) is 55.0 Å². The van der Waals surface area contributed by atoms with E-state index in [4.69, 9.17) is 14.2 Å². The Morgan fingerprint density at radius 2 is 2.23 bits per heavy atom. The lowest BCUT2D eigenvalue weighted by atomic mass is 10.1. The van der Waals surface area contributed by atoms with Crippen molar-refractivity contribution in [1.82, 2.24) is 9.97 Å². The van der Waals surface area contributed by atoms with Crippen LogP contribution in [0.5, 0.6) is 0 Å². The van der Waals surface area contributed by atoms with Crippen LogP contribution in [0.25, 0.3) is 11.0 Å². The first-order valence-corrected chi connectivity index (χ1v) is 9.23. The molecule has 2 aromatic rings. The third kappa shape index (κ3) is 4.34. The van der Waals surface area contributed by atoms with Gasteiger partial charge in [-0.2, -0.15) is 0 Å². The number of carbonyl (C=O) groups is 1. The molecule has 7 nitrogen and oxygen atoms in total. The Labute approximate surface area is 153 Å². The van der Waals surface area contributed by atoms with Gasteiger partial charge < -0.3 is 24.5 Å². The number of carbonyl (C=O) groups excluding carboxylic acids is 1. The Balaban J connectivity index is 1.76. The molecule has 0 aliphatic heterocycles. The van der Waals surface area contributed by atoms with E-state index in [9.17, 15) is 4.79 Å². The molecule has 0 radical (unpaired) electrons. The highest BCUT2D eigenvalue weighted by Crippen LogP contribution is 2.31. The number of methoxy groups -OCH3 is 1. The molecule has 3 rings (SSSR count). The maximum absolute atomic E-state index is 12.5. The summed E-state index contributed by atoms with van der Waals surface area (Å²) in [6.07, 6.45) is 7.69. The number of H-pyrrole nitrogens is 1. The molecule has 2 unspecified atom stereocenters. The van der Waals surface area contributed by atoms with Gasteiger partial charge in [-0.25, -0.2) is 9.78 Å². The molecule has 1 aliphatic carbocycles. The summed E-state index contributed by atoms with van der Waals surface area (Å²) in [7, 11) is 1.57. The minimum Gasteiger partial charge on any atom is -0.460 e. The first-order valence-electron chi connectivity index (χ1n) is 9.23. The molecule has 2 heterocycles. The van der Waals surface area contributed by atoms with E-state index in [1.807, 2.05) is 12.3 Å². The van der Waals surface area contributed by atoms with Crippen LogP contribution in [0.1, 0.15) is 43.0 Å². The number of nitrogens with zero attached hydrogens (tertiary/aromatic N) is 1. The second-order valence-electron chi connectivity index (χ2n) is 6.56. The molecule has 7 heteroatoms. The molecule has 1 aliphatic rings. The standard InChI is InChI=1S/C19H27N3O4/c1-3-8-25-14-5-4-13(11-14)22-17-15-6-7-20-18(15)21-12-16(17)19(23)26-10-9-24-2/h6-7,12-14H,3-5,8-11H2,1-2H3,(H2,20,21,22). The van der Waals surface area contributed by atoms with Crippen molar-refractivity contribution in [3.8, 4) is 0 Å². The highest BCUT2D eigenvalue weighted by Gasteiger charge is 2.27. The minimum absolute atomic E-state index is 0.219. The summed E-state index contributed by atoms with van der Waals surface area (Å²) in [6, 6.07) is 2.19. The van der Waals surface area contributed by atoms with E-state index >= 15 is 0 Å². The van der Waals surface area contributed by atoms with Crippen LogP contribution in [0, 0.1) is 0 Å². The second kappa shape index (κ2) is 9.00. The zero-order chi connectivity index (χ0) is 18.4. The quantitative estimate of drug-likeness (QED) is 0.527. The van der Waals surface area contributed by atoms with Crippen LogP contribution < -0.4 is 5.32 Å². The maximum atomic E-state index is 12.5. The van der Waals surface area contributed by atoms with Crippen molar-refractivity contribution in [3.63, 3.8) is 0 Å². The van der Waals surface area contributed by atoms with Crippen LogP contribution in [-0.2, 0) is 14.2 Å². The Morgan fingerprint density at radius 1 is 1.35 bits per heavy atom. The average Bonchev–Trinajstić information content (AvgIpc) is 3.29. The maximum Gasteiger partial charge on any atom is 0.341 e. The molecule has 142 valence electrons. The van der Waals surface area contributed by atoms with Gasteiger partial charge in [0.05, 0.1) is 18.4 Å². The fourth-order valence-electron chi connectivity index (χ4n) is 3.32. The third-order valence-electron chi connectivity index (χ3n) is 4.62. The number of aromatic amines is 1. The molecule has 1 fully saturated rings. The van der Waals surface area contributed by atoms with Crippen molar-refractivity contribution >= 4 is 22.7 Å². The Morgan fingerprint density at radius 3 is 3.04 bits per heavy atom. The van der Waals surface area contributed by atoms with Crippen molar-refractivity contribution in [1.29, 1.82) is 0 Å². The normalized spacial score (nSPS) is 19.8. The lowest BCUT2D eigenvalue weighted by molar-refractivity contribution is 0.0389. The van der Waals surface area contributed by atoms with Crippen LogP contribution in [0.2, 0.25) is 0 Å². The summed E-state index contributed by atoms with van der Waals surface area (Å²) >= 11 is 0. The molecule has 1 saturated carbocycles. The summed E-state index contributed by atoms with van der Waals surface area (Å²) in [6.45, 7) is 3.50. The molecular weight excluding hydrogens is 334 g/mol. The summed E-state index contributed by atoms with van der Waals surface area (Å²) in [5.74, 6) is -0.392. The Hall–Kier alpha value is -2.12. The predicted octanol–water partition coefficient (Wildman–Crippen LogP) is 3.13. The first-order chi connectivity index (χ1) is 12.7. The topological polar surface area (TPSA) is 85.5 Å². The van der Waals surface area contributed by atoms with E-state index in [1.165, 1.54) is 0 Å². The van der Waals surface area contributed by atoms with Gasteiger partial charge in [-0.3, -0.25) is 0 Å². The molecule has 0 spiro atoms. The van der Waals surface area contributed by atoms with E-state index in [1.54, 1.807) is 13.3 Å². The molecule has 0 amide bonds. The molecule has 2 aromatic heterocycles. The number of hydrogen-bond acceptors (Lipinski definition) is 6. The molecule has 0 saturated heterocycles. The number of aromatic nitrogens is 2. The minimum atomic E-state index is -0.392. The molecule has 2 atom stereocenters. The monoisotopic (exact) mass is 361 g/mol. The average molecular weight is 361 g/mol. The van der Waals surface area contributed by atoms with Crippen molar-refractivity contribution in [2.45, 2.75) is 44.8 Å². The van der Waals surface area contributed by atoms with E-state index in [2.05, 4.69) is 22.2 Å². The van der Waals surface area contributed by atoms with Crippen LogP contribution >= 0.6 is 0 Å². The Bertz CT molecular complexity index is 731. The number of fused-ring (bicyclic) bond motifs is 1. The molecule has 26 heavy (non-hydrogen) atoms. The number of nitrogens with one attached hydrogen (secondary N) is 2. The SMILES string of the molecule is CCCOC1CCC(Nc2c(C(=O)OCCOC)cnc3[nH]ccc23)C1. The van der Waals surface area contributed by atoms with Gasteiger partial charge >= 0.3 is 5.97 Å². The van der Waals surface area contributed by atoms with E-state index in [0.29, 0.717) is 12.2 Å². The highest BCUT2D eigenvalue weighted by molar-refractivity contribution is 6.04. The summed E-state index contributed by atoms with van der Waals surface area (Å²) in [5, 5.41) is 4.44. The number of ether oxygens (including phenoxy) is 3. The van der Waals surface area contributed by atoms with E-state index in [-0.39, 0.29) is 18.8 Å². The smallest absolute Gasteiger partial charge is 0.341 e. The van der Waals surface area contributed by atoms with Crippen molar-refractivity contribution in [2.75, 3.05) is 32.2 Å². The molecule has 0 bridgehead atoms. The highest BCUT2D eigenvalue weighted by atomic mass is 16.6. The lowest BCUT2D eigenvalue weighted by Crippen LogP contribution is -2.21. The van der Waals surface area contributed by atoms with Gasteiger partial charge in [-0.05, 0) is 31.7 Å². The fourth-order valence-corrected chi connectivity index (χ4v) is 3.32. The first kappa shape index (κ1) is 18.7. The fraction of sp³-hybridized carbons (Fsp3) is 0.579. The number of esters is 1. The van der Waals surface area contributed by atoms with Gasteiger partial charge in [-0.1, -0.05) is 6.92 Å². The van der Waals surface area contributed by atoms with E-state index < -0.39 is 5.97 Å². The summed E-state index contributed by atoms with van der Waals surface area (Å²) in [4.78, 5) is 19.9. The van der Waals surface area contributed by atoms with Gasteiger partial charge in [0, 0.05) is 37.5 Å². The third-order valence-corrected chi connectivity index (χ3v) is 4.62. The zero-order valence-corrected chi connectivity index (χ0v) is 15.4. The number of hydrogen-bond donors (Lipinski definition) is 2. The number of rotatable bonds is 9. The van der Waals surface area contributed by atoms with Crippen molar-refractivity contribution in [2.24, 2.45) is 0 Å². The number of pyridine rings is 1. The second-order valence-corrected chi connectivity index (χ2v) is 6.56. The number of anilines is 1. The molecular formula is C19H27N3O4. The van der Waals surface area contributed by atoms with Crippen molar-refractivity contribution < 1.29 is 19.0 Å². The molecule has 2 N–H and O–H groups in total. The largest absolute Gasteiger partial charge is 0.460 e. The van der Waals surface area contributed by atoms with Crippen molar-refractivity contribution in [3.05, 3.63) is 24.0 Å². The van der Waals surface area contributed by atoms with Gasteiger partial charge in [0.1, 0.15) is 17.8 Å². The zero-order valence-electron chi connectivity index (χ0n) is 15.4. The summed E-state index contributed by atoms with van der Waals surface area (Å²) in [5.41, 5.74) is 1.98. The molecule has 0 aromatic carbocycles. The summed E-state index contributed by atoms with van der Waals surface area (Å²) < 4.78 is 16.1. The van der Waals surface area contributed by atoms with Crippen LogP contribution in [0.4, 0.5) is 5.69 Å². The van der Waals surface area contributed by atoms with Gasteiger partial charge in [0.25, 0.3) is 0 Å².